The number of carbonyl (C=O) groups is 2. The molecule has 1 unspecified atom stereocenters. The topological polar surface area (TPSA) is 52.6 Å². The first kappa shape index (κ1) is 14.5. The Hall–Kier alpha value is -1.55. The van der Waals surface area contributed by atoms with Crippen LogP contribution in [0.4, 0.5) is 0 Å². The van der Waals surface area contributed by atoms with Crippen LogP contribution >= 0.6 is 11.6 Å². The highest BCUT2D eigenvalue weighted by molar-refractivity contribution is 6.30. The number of methoxy groups -OCH3 is 1. The lowest BCUT2D eigenvalue weighted by Gasteiger charge is -2.07. The van der Waals surface area contributed by atoms with Gasteiger partial charge in [0.1, 0.15) is 5.38 Å². The molecule has 0 amide bonds. The molecular formula is C13H15ClO4. The van der Waals surface area contributed by atoms with Gasteiger partial charge >= 0.3 is 11.9 Å². The second-order valence-corrected chi connectivity index (χ2v) is 4.14. The lowest BCUT2D eigenvalue weighted by Crippen LogP contribution is -2.18. The van der Waals surface area contributed by atoms with Crippen molar-refractivity contribution >= 4 is 23.5 Å². The van der Waals surface area contributed by atoms with E-state index in [-0.39, 0.29) is 5.97 Å². The SMILES string of the molecule is CCOC(=O)c1ccc(CC(Cl)C(=O)OC)cc1. The fraction of sp³-hybridized carbons (Fsp3) is 0.385. The van der Waals surface area contributed by atoms with Crippen molar-refractivity contribution in [2.45, 2.75) is 18.7 Å². The molecule has 0 radical (unpaired) electrons. The molecule has 0 N–H and O–H groups in total. The van der Waals surface area contributed by atoms with Crippen molar-refractivity contribution in [3.63, 3.8) is 0 Å². The van der Waals surface area contributed by atoms with E-state index in [0.29, 0.717) is 18.6 Å². The van der Waals surface area contributed by atoms with Gasteiger partial charge in [-0.1, -0.05) is 12.1 Å². The van der Waals surface area contributed by atoms with E-state index in [0.717, 1.165) is 5.56 Å². The van der Waals surface area contributed by atoms with Gasteiger partial charge in [-0.15, -0.1) is 11.6 Å². The Labute approximate surface area is 111 Å². The molecule has 1 atom stereocenters. The summed E-state index contributed by atoms with van der Waals surface area (Å²) < 4.78 is 9.40. The standard InChI is InChI=1S/C13H15ClO4/c1-3-18-12(15)10-6-4-9(5-7-10)8-11(14)13(16)17-2/h4-7,11H,3,8H2,1-2H3. The Balaban J connectivity index is 2.65. The summed E-state index contributed by atoms with van der Waals surface area (Å²) in [5.41, 5.74) is 1.33. The Morgan fingerprint density at radius 1 is 1.28 bits per heavy atom. The molecule has 0 aliphatic heterocycles. The van der Waals surface area contributed by atoms with Crippen LogP contribution in [0.25, 0.3) is 0 Å². The highest BCUT2D eigenvalue weighted by Crippen LogP contribution is 2.12. The lowest BCUT2D eigenvalue weighted by atomic mass is 10.1. The van der Waals surface area contributed by atoms with E-state index in [4.69, 9.17) is 16.3 Å². The molecule has 1 aromatic rings. The summed E-state index contributed by atoms with van der Waals surface area (Å²) in [6.45, 7) is 2.09. The van der Waals surface area contributed by atoms with Crippen LogP contribution in [0.2, 0.25) is 0 Å². The van der Waals surface area contributed by atoms with Crippen LogP contribution < -0.4 is 0 Å². The van der Waals surface area contributed by atoms with Crippen molar-refractivity contribution < 1.29 is 19.1 Å². The number of ether oxygens (including phenoxy) is 2. The minimum Gasteiger partial charge on any atom is -0.468 e. The first-order valence-corrected chi connectivity index (χ1v) is 6.00. The molecule has 0 spiro atoms. The average molecular weight is 271 g/mol. The first-order chi connectivity index (χ1) is 8.58. The summed E-state index contributed by atoms with van der Waals surface area (Å²) in [4.78, 5) is 22.6. The Kier molecular flexibility index (Phi) is 5.65. The number of alkyl halides is 1. The number of halogens is 1. The van der Waals surface area contributed by atoms with E-state index in [2.05, 4.69) is 4.74 Å². The van der Waals surface area contributed by atoms with Crippen molar-refractivity contribution in [1.29, 1.82) is 0 Å². The van der Waals surface area contributed by atoms with Gasteiger partial charge in [-0.05, 0) is 31.0 Å². The molecule has 4 nitrogen and oxygen atoms in total. The van der Waals surface area contributed by atoms with Crippen LogP contribution in [0.15, 0.2) is 24.3 Å². The maximum absolute atomic E-state index is 11.4. The van der Waals surface area contributed by atoms with E-state index >= 15 is 0 Å². The predicted octanol–water partition coefficient (Wildman–Crippen LogP) is 2.19. The molecule has 0 aliphatic carbocycles. The zero-order chi connectivity index (χ0) is 13.5. The Morgan fingerprint density at radius 3 is 2.39 bits per heavy atom. The van der Waals surface area contributed by atoms with Crippen LogP contribution in [-0.2, 0) is 20.7 Å². The quantitative estimate of drug-likeness (QED) is 0.608. The Morgan fingerprint density at radius 2 is 1.89 bits per heavy atom. The van der Waals surface area contributed by atoms with Crippen molar-refractivity contribution in [3.8, 4) is 0 Å². The molecule has 0 aliphatic rings. The van der Waals surface area contributed by atoms with E-state index in [1.807, 2.05) is 0 Å². The smallest absolute Gasteiger partial charge is 0.338 e. The third-order valence-electron chi connectivity index (χ3n) is 2.34. The summed E-state index contributed by atoms with van der Waals surface area (Å²) in [6.07, 6.45) is 0.358. The minimum atomic E-state index is -0.719. The van der Waals surface area contributed by atoms with Crippen LogP contribution in [0, 0.1) is 0 Å². The molecule has 0 heterocycles. The molecule has 1 rings (SSSR count). The monoisotopic (exact) mass is 270 g/mol. The number of esters is 2. The maximum Gasteiger partial charge on any atom is 0.338 e. The van der Waals surface area contributed by atoms with Crippen molar-refractivity contribution in [2.24, 2.45) is 0 Å². The van der Waals surface area contributed by atoms with Gasteiger partial charge in [-0.2, -0.15) is 0 Å². The van der Waals surface area contributed by atoms with Gasteiger partial charge < -0.3 is 9.47 Å². The van der Waals surface area contributed by atoms with E-state index < -0.39 is 11.3 Å². The molecule has 0 saturated heterocycles. The average Bonchev–Trinajstić information content (AvgIpc) is 2.38. The second kappa shape index (κ2) is 7.01. The predicted molar refractivity (Wildman–Crippen MR) is 67.8 cm³/mol. The van der Waals surface area contributed by atoms with Crippen molar-refractivity contribution in [3.05, 3.63) is 35.4 Å². The van der Waals surface area contributed by atoms with E-state index in [1.165, 1.54) is 7.11 Å². The zero-order valence-corrected chi connectivity index (χ0v) is 11.1. The molecule has 1 aromatic carbocycles. The molecule has 0 saturated carbocycles. The van der Waals surface area contributed by atoms with E-state index in [9.17, 15) is 9.59 Å². The lowest BCUT2D eigenvalue weighted by molar-refractivity contribution is -0.140. The fourth-order valence-electron chi connectivity index (χ4n) is 1.41. The Bertz CT molecular complexity index is 414. The molecule has 0 bridgehead atoms. The number of carbonyl (C=O) groups excluding carboxylic acids is 2. The summed E-state index contributed by atoms with van der Waals surface area (Å²) in [5.74, 6) is -0.828. The first-order valence-electron chi connectivity index (χ1n) is 5.56. The largest absolute Gasteiger partial charge is 0.468 e. The summed E-state index contributed by atoms with van der Waals surface area (Å²) in [5, 5.41) is -0.719. The van der Waals surface area contributed by atoms with Gasteiger partial charge in [0.2, 0.25) is 0 Å². The summed E-state index contributed by atoms with van der Waals surface area (Å²) >= 11 is 5.85. The van der Waals surface area contributed by atoms with Crippen LogP contribution in [0.1, 0.15) is 22.8 Å². The van der Waals surface area contributed by atoms with Crippen LogP contribution in [0.5, 0.6) is 0 Å². The second-order valence-electron chi connectivity index (χ2n) is 3.61. The molecule has 0 fully saturated rings. The van der Waals surface area contributed by atoms with E-state index in [1.54, 1.807) is 31.2 Å². The molecule has 5 heteroatoms. The van der Waals surface area contributed by atoms with Gasteiger partial charge in [0, 0.05) is 0 Å². The summed E-state index contributed by atoms with van der Waals surface area (Å²) in [6, 6.07) is 6.78. The number of benzene rings is 1. The van der Waals surface area contributed by atoms with Crippen molar-refractivity contribution in [1.82, 2.24) is 0 Å². The minimum absolute atomic E-state index is 0.340. The zero-order valence-electron chi connectivity index (χ0n) is 10.3. The highest BCUT2D eigenvalue weighted by Gasteiger charge is 2.16. The van der Waals surface area contributed by atoms with Gasteiger partial charge in [0.25, 0.3) is 0 Å². The molecule has 0 aromatic heterocycles. The third kappa shape index (κ3) is 4.04. The number of rotatable bonds is 5. The molecule has 98 valence electrons. The van der Waals surface area contributed by atoms with Gasteiger partial charge in [0.05, 0.1) is 19.3 Å². The van der Waals surface area contributed by atoms with Gasteiger partial charge in [-0.25, -0.2) is 4.79 Å². The summed E-state index contributed by atoms with van der Waals surface area (Å²) in [7, 11) is 1.29. The van der Waals surface area contributed by atoms with Gasteiger partial charge in [-0.3, -0.25) is 4.79 Å². The molecule has 18 heavy (non-hydrogen) atoms. The maximum atomic E-state index is 11.4. The highest BCUT2D eigenvalue weighted by atomic mass is 35.5. The van der Waals surface area contributed by atoms with Crippen molar-refractivity contribution in [2.75, 3.05) is 13.7 Å². The normalized spacial score (nSPS) is 11.7. The van der Waals surface area contributed by atoms with Gasteiger partial charge in [0.15, 0.2) is 0 Å². The molecular weight excluding hydrogens is 256 g/mol. The fourth-order valence-corrected chi connectivity index (χ4v) is 1.68. The third-order valence-corrected chi connectivity index (χ3v) is 2.67. The number of hydrogen-bond acceptors (Lipinski definition) is 4. The van der Waals surface area contributed by atoms with Crippen LogP contribution in [0.3, 0.4) is 0 Å². The van der Waals surface area contributed by atoms with Crippen LogP contribution in [-0.4, -0.2) is 31.0 Å². The number of hydrogen-bond donors (Lipinski definition) is 0.